The second-order valence-corrected chi connectivity index (χ2v) is 7.47. The van der Waals surface area contributed by atoms with Gasteiger partial charge in [-0.15, -0.1) is 11.3 Å². The molecule has 0 bridgehead atoms. The van der Waals surface area contributed by atoms with Crippen molar-refractivity contribution in [1.82, 2.24) is 4.57 Å². The van der Waals surface area contributed by atoms with Gasteiger partial charge in [-0.2, -0.15) is 0 Å². The van der Waals surface area contributed by atoms with Crippen LogP contribution in [0.3, 0.4) is 0 Å². The summed E-state index contributed by atoms with van der Waals surface area (Å²) in [6.45, 7) is 0.648. The van der Waals surface area contributed by atoms with Gasteiger partial charge in [0.1, 0.15) is 0 Å². The van der Waals surface area contributed by atoms with Gasteiger partial charge in [0.2, 0.25) is 0 Å². The molecular weight excluding hydrogens is 302 g/mol. The van der Waals surface area contributed by atoms with Crippen LogP contribution in [0.1, 0.15) is 49.1 Å². The first kappa shape index (κ1) is 14.7. The third-order valence-electron chi connectivity index (χ3n) is 5.00. The zero-order chi connectivity index (χ0) is 15.6. The van der Waals surface area contributed by atoms with Gasteiger partial charge in [0, 0.05) is 10.9 Å². The van der Waals surface area contributed by atoms with Crippen LogP contribution >= 0.6 is 11.3 Å². The summed E-state index contributed by atoms with van der Waals surface area (Å²) >= 11 is 1.62. The van der Waals surface area contributed by atoms with Crippen LogP contribution < -0.4 is 5.56 Å². The molecule has 1 aliphatic carbocycles. The summed E-state index contributed by atoms with van der Waals surface area (Å²) in [6.07, 6.45) is 8.69. The molecule has 2 heterocycles. The van der Waals surface area contributed by atoms with E-state index in [9.17, 15) is 4.79 Å². The summed E-state index contributed by atoms with van der Waals surface area (Å²) in [5.41, 5.74) is 2.77. The number of benzene rings is 1. The Morgan fingerprint density at radius 1 is 1.00 bits per heavy atom. The van der Waals surface area contributed by atoms with E-state index in [1.165, 1.54) is 43.2 Å². The highest BCUT2D eigenvalue weighted by atomic mass is 32.1. The molecule has 0 atom stereocenters. The molecule has 2 nitrogen and oxygen atoms in total. The molecule has 0 spiro atoms. The molecular formula is C20H21NOS. The molecule has 3 heteroatoms. The summed E-state index contributed by atoms with van der Waals surface area (Å²) in [5, 5.41) is 2.81. The quantitative estimate of drug-likeness (QED) is 0.652. The Bertz CT molecular complexity index is 853. The van der Waals surface area contributed by atoms with Crippen LogP contribution in [0.25, 0.3) is 10.1 Å². The molecule has 2 aromatic heterocycles. The van der Waals surface area contributed by atoms with Gasteiger partial charge >= 0.3 is 0 Å². The maximum atomic E-state index is 12.5. The fourth-order valence-corrected chi connectivity index (χ4v) is 4.43. The van der Waals surface area contributed by atoms with Gasteiger partial charge in [0.15, 0.2) is 0 Å². The van der Waals surface area contributed by atoms with Gasteiger partial charge in [-0.25, -0.2) is 0 Å². The van der Waals surface area contributed by atoms with Crippen molar-refractivity contribution >= 4 is 21.4 Å². The van der Waals surface area contributed by atoms with Gasteiger partial charge in [-0.05, 0) is 47.4 Å². The number of pyridine rings is 1. The molecule has 0 N–H and O–H groups in total. The van der Waals surface area contributed by atoms with Crippen LogP contribution in [-0.2, 0) is 6.54 Å². The minimum atomic E-state index is 0.111. The van der Waals surface area contributed by atoms with E-state index in [4.69, 9.17) is 0 Å². The smallest absolute Gasteiger partial charge is 0.259 e. The molecule has 0 unspecified atom stereocenters. The van der Waals surface area contributed by atoms with E-state index in [1.54, 1.807) is 11.3 Å². The standard InChI is InChI=1S/C20H21NOS/c22-20-18-11-13-23-19(18)10-12-21(20)14-15-6-8-17(9-7-15)16-4-2-1-3-5-16/h6-13,16H,1-5,14H2. The maximum absolute atomic E-state index is 12.5. The largest absolute Gasteiger partial charge is 0.311 e. The average molecular weight is 323 g/mol. The van der Waals surface area contributed by atoms with E-state index < -0.39 is 0 Å². The van der Waals surface area contributed by atoms with Crippen LogP contribution in [0.15, 0.2) is 52.8 Å². The molecule has 0 amide bonds. The number of fused-ring (bicyclic) bond motifs is 1. The fraction of sp³-hybridized carbons (Fsp3) is 0.350. The second-order valence-electron chi connectivity index (χ2n) is 6.52. The molecule has 1 aliphatic rings. The number of nitrogens with zero attached hydrogens (tertiary/aromatic N) is 1. The molecule has 0 aliphatic heterocycles. The molecule has 0 radical (unpaired) electrons. The maximum Gasteiger partial charge on any atom is 0.259 e. The topological polar surface area (TPSA) is 22.0 Å². The van der Waals surface area contributed by atoms with Gasteiger partial charge in [-0.3, -0.25) is 4.79 Å². The Morgan fingerprint density at radius 3 is 2.57 bits per heavy atom. The minimum Gasteiger partial charge on any atom is -0.311 e. The van der Waals surface area contributed by atoms with E-state index in [2.05, 4.69) is 24.3 Å². The third-order valence-corrected chi connectivity index (χ3v) is 5.88. The van der Waals surface area contributed by atoms with Crippen LogP contribution in [0, 0.1) is 0 Å². The molecule has 23 heavy (non-hydrogen) atoms. The first-order valence-electron chi connectivity index (χ1n) is 8.47. The summed E-state index contributed by atoms with van der Waals surface area (Å²) in [5.74, 6) is 0.739. The third kappa shape index (κ3) is 2.98. The van der Waals surface area contributed by atoms with Crippen molar-refractivity contribution in [1.29, 1.82) is 0 Å². The number of hydrogen-bond acceptors (Lipinski definition) is 2. The summed E-state index contributed by atoms with van der Waals surface area (Å²) in [6, 6.07) is 12.9. The number of thiophene rings is 1. The highest BCUT2D eigenvalue weighted by molar-refractivity contribution is 7.17. The predicted molar refractivity (Wildman–Crippen MR) is 97.5 cm³/mol. The molecule has 118 valence electrons. The van der Waals surface area contributed by atoms with E-state index in [0.717, 1.165) is 16.0 Å². The molecule has 1 aromatic carbocycles. The van der Waals surface area contributed by atoms with Gasteiger partial charge < -0.3 is 4.57 Å². The van der Waals surface area contributed by atoms with Crippen LogP contribution in [0.5, 0.6) is 0 Å². The Morgan fingerprint density at radius 2 is 1.78 bits per heavy atom. The first-order valence-corrected chi connectivity index (χ1v) is 9.35. The van der Waals surface area contributed by atoms with Crippen molar-refractivity contribution < 1.29 is 0 Å². The number of aromatic nitrogens is 1. The SMILES string of the molecule is O=c1c2ccsc2ccn1Cc1ccc(C2CCCCC2)cc1. The Kier molecular flexibility index (Phi) is 4.04. The van der Waals surface area contributed by atoms with Crippen molar-refractivity contribution in [2.24, 2.45) is 0 Å². The van der Waals surface area contributed by atoms with E-state index in [1.807, 2.05) is 28.3 Å². The monoisotopic (exact) mass is 323 g/mol. The van der Waals surface area contributed by atoms with Gasteiger partial charge in [-0.1, -0.05) is 43.5 Å². The van der Waals surface area contributed by atoms with E-state index in [-0.39, 0.29) is 5.56 Å². The van der Waals surface area contributed by atoms with Crippen molar-refractivity contribution in [3.8, 4) is 0 Å². The zero-order valence-corrected chi connectivity index (χ0v) is 14.0. The van der Waals surface area contributed by atoms with Crippen LogP contribution in [0.4, 0.5) is 0 Å². The van der Waals surface area contributed by atoms with Crippen molar-refractivity contribution in [2.75, 3.05) is 0 Å². The van der Waals surface area contributed by atoms with Crippen molar-refractivity contribution in [3.05, 3.63) is 69.5 Å². The number of rotatable bonds is 3. The van der Waals surface area contributed by atoms with Crippen LogP contribution in [-0.4, -0.2) is 4.57 Å². The van der Waals surface area contributed by atoms with E-state index in [0.29, 0.717) is 6.54 Å². The lowest BCUT2D eigenvalue weighted by Gasteiger charge is -2.22. The van der Waals surface area contributed by atoms with Crippen molar-refractivity contribution in [2.45, 2.75) is 44.6 Å². The molecule has 0 saturated heterocycles. The highest BCUT2D eigenvalue weighted by Crippen LogP contribution is 2.32. The lowest BCUT2D eigenvalue weighted by molar-refractivity contribution is 0.443. The molecule has 1 fully saturated rings. The number of hydrogen-bond donors (Lipinski definition) is 0. The first-order chi connectivity index (χ1) is 11.3. The summed E-state index contributed by atoms with van der Waals surface area (Å²) in [7, 11) is 0. The van der Waals surface area contributed by atoms with Crippen molar-refractivity contribution in [3.63, 3.8) is 0 Å². The Balaban J connectivity index is 1.56. The Labute approximate surface area is 140 Å². The zero-order valence-electron chi connectivity index (χ0n) is 13.2. The lowest BCUT2D eigenvalue weighted by Crippen LogP contribution is -2.19. The average Bonchev–Trinajstić information content (AvgIpc) is 3.08. The highest BCUT2D eigenvalue weighted by Gasteiger charge is 2.15. The molecule has 1 saturated carbocycles. The normalized spacial score (nSPS) is 16.0. The summed E-state index contributed by atoms with van der Waals surface area (Å²) in [4.78, 5) is 12.5. The van der Waals surface area contributed by atoms with Gasteiger partial charge in [0.05, 0.1) is 11.9 Å². The summed E-state index contributed by atoms with van der Waals surface area (Å²) < 4.78 is 2.88. The second kappa shape index (κ2) is 6.32. The Hall–Kier alpha value is -1.87. The fourth-order valence-electron chi connectivity index (χ4n) is 3.66. The van der Waals surface area contributed by atoms with Gasteiger partial charge in [0.25, 0.3) is 5.56 Å². The molecule has 3 aromatic rings. The van der Waals surface area contributed by atoms with E-state index >= 15 is 0 Å². The van der Waals surface area contributed by atoms with Crippen LogP contribution in [0.2, 0.25) is 0 Å². The lowest BCUT2D eigenvalue weighted by atomic mass is 9.84. The molecule has 4 rings (SSSR count). The predicted octanol–water partition coefficient (Wildman–Crippen LogP) is 5.16. The minimum absolute atomic E-state index is 0.111.